The summed E-state index contributed by atoms with van der Waals surface area (Å²) in [6.45, 7) is 0. The van der Waals surface area contributed by atoms with E-state index in [9.17, 15) is 4.79 Å². The fraction of sp³-hybridized carbons (Fsp3) is 0.167. The summed E-state index contributed by atoms with van der Waals surface area (Å²) in [5, 5.41) is 0.489. The van der Waals surface area contributed by atoms with E-state index in [0.29, 0.717) is 22.6 Å². The van der Waals surface area contributed by atoms with Crippen LogP contribution in [0, 0.1) is 0 Å². The van der Waals surface area contributed by atoms with Gasteiger partial charge in [-0.05, 0) is 0 Å². The summed E-state index contributed by atoms with van der Waals surface area (Å²) < 4.78 is 20.2. The fourth-order valence-electron chi connectivity index (χ4n) is 1.55. The minimum atomic E-state index is -0.591. The molecule has 8 nitrogen and oxygen atoms in total. The average Bonchev–Trinajstić information content (AvgIpc) is 3.22. The number of ether oxygens (including phenoxy) is 1. The molecule has 3 aromatic rings. The number of hydrogen-bond acceptors (Lipinski definition) is 8. The quantitative estimate of drug-likeness (QED) is 0.520. The molecule has 0 N–H and O–H groups in total. The Labute approximate surface area is 126 Å². The molecule has 108 valence electrons. The van der Waals surface area contributed by atoms with Gasteiger partial charge in [0, 0.05) is 0 Å². The molecule has 0 aliphatic heterocycles. The maximum Gasteiger partial charge on any atom is 0.360 e. The first kappa shape index (κ1) is 13.6. The van der Waals surface area contributed by atoms with Crippen LogP contribution in [-0.4, -0.2) is 28.0 Å². The molecule has 0 bridgehead atoms. The molecular weight excluding hydrogens is 346 g/mol. The van der Waals surface area contributed by atoms with E-state index in [1.807, 2.05) is 0 Å². The lowest BCUT2D eigenvalue weighted by Crippen LogP contribution is -2.00. The van der Waals surface area contributed by atoms with E-state index in [2.05, 4.69) is 35.6 Å². The standard InChI is InChI=1S/C12H8BrN3O5/c1-18-12(17)8-5-21-11(16-8)7-4-20-10(15-7)6-3-19-9(2-13)14-6/h3-5H,2H2,1H3. The van der Waals surface area contributed by atoms with Crippen molar-refractivity contribution in [2.75, 3.05) is 7.11 Å². The monoisotopic (exact) mass is 353 g/mol. The third-order valence-corrected chi connectivity index (χ3v) is 2.99. The smallest absolute Gasteiger partial charge is 0.360 e. The molecule has 3 aromatic heterocycles. The molecule has 0 atom stereocenters. The number of aromatic nitrogens is 3. The van der Waals surface area contributed by atoms with Gasteiger partial charge in [0.05, 0.1) is 12.4 Å². The lowest BCUT2D eigenvalue weighted by Gasteiger charge is -1.89. The van der Waals surface area contributed by atoms with E-state index in [4.69, 9.17) is 13.3 Å². The van der Waals surface area contributed by atoms with Crippen molar-refractivity contribution in [1.29, 1.82) is 0 Å². The Morgan fingerprint density at radius 1 is 1.10 bits per heavy atom. The first-order valence-corrected chi connectivity index (χ1v) is 6.84. The Morgan fingerprint density at radius 2 is 1.76 bits per heavy atom. The first-order valence-electron chi connectivity index (χ1n) is 5.71. The molecule has 0 fully saturated rings. The normalized spacial score (nSPS) is 10.8. The van der Waals surface area contributed by atoms with Crippen LogP contribution in [0.5, 0.6) is 0 Å². The van der Waals surface area contributed by atoms with Crippen LogP contribution in [0.1, 0.15) is 16.4 Å². The number of hydrogen-bond donors (Lipinski definition) is 0. The second kappa shape index (κ2) is 5.52. The average molecular weight is 354 g/mol. The van der Waals surface area contributed by atoms with Crippen molar-refractivity contribution in [2.24, 2.45) is 0 Å². The number of halogens is 1. The SMILES string of the molecule is COC(=O)c1coc(-c2coc(-c3coc(CBr)n3)n2)n1. The van der Waals surface area contributed by atoms with Crippen LogP contribution in [0.3, 0.4) is 0 Å². The number of oxazole rings is 3. The highest BCUT2D eigenvalue weighted by Crippen LogP contribution is 2.24. The van der Waals surface area contributed by atoms with Crippen LogP contribution in [0.2, 0.25) is 0 Å². The lowest BCUT2D eigenvalue weighted by molar-refractivity contribution is 0.0594. The van der Waals surface area contributed by atoms with Crippen molar-refractivity contribution in [3.05, 3.63) is 30.4 Å². The van der Waals surface area contributed by atoms with E-state index >= 15 is 0 Å². The van der Waals surface area contributed by atoms with E-state index in [-0.39, 0.29) is 17.5 Å². The van der Waals surface area contributed by atoms with Gasteiger partial charge in [-0.1, -0.05) is 15.9 Å². The summed E-state index contributed by atoms with van der Waals surface area (Å²) in [6.07, 6.45) is 3.97. The number of nitrogens with zero attached hydrogens (tertiary/aromatic N) is 3. The van der Waals surface area contributed by atoms with Gasteiger partial charge in [0.15, 0.2) is 17.1 Å². The lowest BCUT2D eigenvalue weighted by atomic mass is 10.4. The predicted molar refractivity (Wildman–Crippen MR) is 71.5 cm³/mol. The summed E-state index contributed by atoms with van der Waals surface area (Å²) in [5.41, 5.74) is 0.846. The fourth-order valence-corrected chi connectivity index (χ4v) is 1.81. The summed E-state index contributed by atoms with van der Waals surface area (Å²) in [5.74, 6) is 0.328. The van der Waals surface area contributed by atoms with Crippen molar-refractivity contribution in [3.63, 3.8) is 0 Å². The topological polar surface area (TPSA) is 104 Å². The Hall–Kier alpha value is -2.42. The van der Waals surface area contributed by atoms with Gasteiger partial charge < -0.3 is 18.0 Å². The Bertz CT molecular complexity index is 775. The number of alkyl halides is 1. The number of esters is 1. The van der Waals surface area contributed by atoms with Crippen LogP contribution in [-0.2, 0) is 10.1 Å². The minimum absolute atomic E-state index is 0.0556. The van der Waals surface area contributed by atoms with Gasteiger partial charge in [0.1, 0.15) is 18.8 Å². The van der Waals surface area contributed by atoms with Gasteiger partial charge in [-0.3, -0.25) is 0 Å². The van der Waals surface area contributed by atoms with Crippen molar-refractivity contribution < 1.29 is 22.8 Å². The summed E-state index contributed by atoms with van der Waals surface area (Å²) >= 11 is 3.23. The van der Waals surface area contributed by atoms with E-state index < -0.39 is 5.97 Å². The number of rotatable bonds is 4. The van der Waals surface area contributed by atoms with Crippen LogP contribution in [0.15, 0.2) is 32.0 Å². The summed E-state index contributed by atoms with van der Waals surface area (Å²) in [7, 11) is 1.26. The van der Waals surface area contributed by atoms with E-state index in [0.717, 1.165) is 0 Å². The van der Waals surface area contributed by atoms with Gasteiger partial charge in [-0.2, -0.15) is 0 Å². The van der Waals surface area contributed by atoms with Crippen molar-refractivity contribution in [1.82, 2.24) is 15.0 Å². The molecule has 21 heavy (non-hydrogen) atoms. The molecule has 0 radical (unpaired) electrons. The van der Waals surface area contributed by atoms with Crippen molar-refractivity contribution in [3.8, 4) is 23.2 Å². The van der Waals surface area contributed by atoms with Gasteiger partial charge in [-0.25, -0.2) is 19.7 Å². The highest BCUT2D eigenvalue weighted by molar-refractivity contribution is 9.08. The van der Waals surface area contributed by atoms with Gasteiger partial charge in [-0.15, -0.1) is 0 Å². The molecule has 9 heteroatoms. The number of methoxy groups -OCH3 is 1. The zero-order valence-corrected chi connectivity index (χ0v) is 12.3. The summed E-state index contributed by atoms with van der Waals surface area (Å²) in [6, 6.07) is 0. The van der Waals surface area contributed by atoms with Crippen molar-refractivity contribution in [2.45, 2.75) is 5.33 Å². The molecule has 3 rings (SSSR count). The molecule has 0 aliphatic carbocycles. The van der Waals surface area contributed by atoms with Gasteiger partial charge in [0.25, 0.3) is 0 Å². The Kier molecular flexibility index (Phi) is 3.57. The maximum absolute atomic E-state index is 11.3. The largest absolute Gasteiger partial charge is 0.464 e. The summed E-state index contributed by atoms with van der Waals surface area (Å²) in [4.78, 5) is 23.6. The molecule has 3 heterocycles. The number of carbonyl (C=O) groups is 1. The van der Waals surface area contributed by atoms with E-state index in [1.165, 1.54) is 25.9 Å². The van der Waals surface area contributed by atoms with Crippen LogP contribution >= 0.6 is 15.9 Å². The molecule has 0 unspecified atom stereocenters. The molecule has 0 saturated carbocycles. The molecule has 0 aliphatic rings. The highest BCUT2D eigenvalue weighted by atomic mass is 79.9. The zero-order valence-electron chi connectivity index (χ0n) is 10.7. The third-order valence-electron chi connectivity index (χ3n) is 2.51. The predicted octanol–water partition coefficient (Wildman–Crippen LogP) is 2.67. The van der Waals surface area contributed by atoms with E-state index in [1.54, 1.807) is 0 Å². The third kappa shape index (κ3) is 2.59. The highest BCUT2D eigenvalue weighted by Gasteiger charge is 2.18. The second-order valence-corrected chi connectivity index (χ2v) is 4.39. The van der Waals surface area contributed by atoms with Crippen LogP contribution in [0.4, 0.5) is 0 Å². The molecule has 0 spiro atoms. The molecule has 0 saturated heterocycles. The van der Waals surface area contributed by atoms with Crippen LogP contribution in [0.25, 0.3) is 23.2 Å². The molecular formula is C12H8BrN3O5. The second-order valence-electron chi connectivity index (χ2n) is 3.83. The Morgan fingerprint density at radius 3 is 2.48 bits per heavy atom. The van der Waals surface area contributed by atoms with Crippen LogP contribution < -0.4 is 0 Å². The minimum Gasteiger partial charge on any atom is -0.464 e. The maximum atomic E-state index is 11.3. The van der Waals surface area contributed by atoms with Crippen molar-refractivity contribution >= 4 is 21.9 Å². The van der Waals surface area contributed by atoms with Gasteiger partial charge >= 0.3 is 5.97 Å². The Balaban J connectivity index is 1.87. The van der Waals surface area contributed by atoms with Gasteiger partial charge in [0.2, 0.25) is 17.7 Å². The molecule has 0 aromatic carbocycles. The first-order chi connectivity index (χ1) is 10.2. The molecule has 0 amide bonds. The zero-order chi connectivity index (χ0) is 14.8. The number of carbonyl (C=O) groups excluding carboxylic acids is 1.